The van der Waals surface area contributed by atoms with Crippen LogP contribution in [0.25, 0.3) is 0 Å². The van der Waals surface area contributed by atoms with Gasteiger partial charge in [0.05, 0.1) is 24.7 Å². The third kappa shape index (κ3) is 14.3. The highest BCUT2D eigenvalue weighted by atomic mass is 32.2. The van der Waals surface area contributed by atoms with Crippen LogP contribution in [-0.4, -0.2) is 81.8 Å². The van der Waals surface area contributed by atoms with Crippen molar-refractivity contribution in [1.82, 2.24) is 20.7 Å². The molecule has 14 nitrogen and oxygen atoms in total. The fourth-order valence-corrected chi connectivity index (χ4v) is 6.44. The van der Waals surface area contributed by atoms with Crippen LogP contribution in [0.2, 0.25) is 0 Å². The van der Waals surface area contributed by atoms with Gasteiger partial charge in [0.15, 0.2) is 5.54 Å². The number of aliphatic hydroxyl groups is 1. The topological polar surface area (TPSA) is 215 Å². The second kappa shape index (κ2) is 21.6. The summed E-state index contributed by atoms with van der Waals surface area (Å²) in [6, 6.07) is 22.8. The second-order valence-electron chi connectivity index (χ2n) is 12.7. The quantitative estimate of drug-likeness (QED) is 0.0501. The summed E-state index contributed by atoms with van der Waals surface area (Å²) in [5.74, 6) is -2.55. The van der Waals surface area contributed by atoms with Gasteiger partial charge in [0.25, 0.3) is 5.91 Å². The molecule has 53 heavy (non-hydrogen) atoms. The average Bonchev–Trinajstić information content (AvgIpc) is 3.16. The van der Waals surface area contributed by atoms with E-state index < -0.39 is 51.5 Å². The summed E-state index contributed by atoms with van der Waals surface area (Å²) >= 11 is 0. The average molecular weight is 754 g/mol. The monoisotopic (exact) mass is 753 g/mol. The van der Waals surface area contributed by atoms with Crippen LogP contribution >= 0.6 is 0 Å². The molecule has 0 aromatic heterocycles. The van der Waals surface area contributed by atoms with Crippen molar-refractivity contribution in [2.75, 3.05) is 26.8 Å². The van der Waals surface area contributed by atoms with Gasteiger partial charge in [0.1, 0.15) is 12.6 Å². The lowest BCUT2D eigenvalue weighted by atomic mass is 9.91. The molecule has 3 rings (SSSR count). The number of sulfonamides is 1. The van der Waals surface area contributed by atoms with E-state index in [1.54, 1.807) is 42.5 Å². The van der Waals surface area contributed by atoms with Crippen molar-refractivity contribution in [3.8, 4) is 0 Å². The number of benzene rings is 3. The first-order chi connectivity index (χ1) is 25.4. The number of aliphatic hydroxyl groups excluding tert-OH is 1. The highest BCUT2D eigenvalue weighted by Gasteiger charge is 2.44. The minimum atomic E-state index is -3.76. The molecule has 0 heterocycles. The Labute approximate surface area is 311 Å². The van der Waals surface area contributed by atoms with Gasteiger partial charge in [0, 0.05) is 19.5 Å². The van der Waals surface area contributed by atoms with Crippen LogP contribution in [0.3, 0.4) is 0 Å². The maximum Gasteiger partial charge on any atom is 0.407 e. The van der Waals surface area contributed by atoms with E-state index in [2.05, 4.69) is 20.7 Å². The molecular weight excluding hydrogens is 703 g/mol. The number of ether oxygens (including phenoxy) is 2. The summed E-state index contributed by atoms with van der Waals surface area (Å²) < 4.78 is 37.8. The van der Waals surface area contributed by atoms with E-state index in [-0.39, 0.29) is 50.3 Å². The molecule has 15 heteroatoms. The number of carbonyl (C=O) groups excluding carboxylic acids is 4. The third-order valence-electron chi connectivity index (χ3n) is 8.51. The van der Waals surface area contributed by atoms with Crippen molar-refractivity contribution in [2.24, 2.45) is 5.73 Å². The number of hydrogen-bond acceptors (Lipinski definition) is 10. The minimum absolute atomic E-state index is 0.0328. The Hall–Kier alpha value is -4.83. The molecule has 3 atom stereocenters. The maximum absolute atomic E-state index is 13.7. The zero-order valence-corrected chi connectivity index (χ0v) is 31.0. The number of unbranched alkanes of at least 4 members (excludes halogenated alkanes) is 2. The molecule has 0 saturated carbocycles. The molecule has 0 fully saturated rings. The summed E-state index contributed by atoms with van der Waals surface area (Å²) in [5, 5.41) is 18.1. The molecule has 7 N–H and O–H groups in total. The molecule has 0 aliphatic rings. The Balaban J connectivity index is 1.55. The molecule has 0 aliphatic heterocycles. The zero-order valence-electron chi connectivity index (χ0n) is 30.2. The fraction of sp³-hybridized carbons (Fsp3) is 0.421. The van der Waals surface area contributed by atoms with E-state index >= 15 is 0 Å². The zero-order chi connectivity index (χ0) is 38.7. The molecule has 3 aromatic rings. The number of amides is 3. The normalized spacial score (nSPS) is 13.5. The Bertz CT molecular complexity index is 1710. The molecule has 0 saturated heterocycles. The number of alkyl carbamates (subject to hydrolysis) is 1. The lowest BCUT2D eigenvalue weighted by molar-refractivity contribution is -0.153. The first-order valence-electron chi connectivity index (χ1n) is 17.5. The number of hydrogen-bond donors (Lipinski definition) is 6. The van der Waals surface area contributed by atoms with Crippen molar-refractivity contribution < 1.29 is 42.2 Å². The van der Waals surface area contributed by atoms with Crippen LogP contribution in [0.4, 0.5) is 4.79 Å². The number of aryl methyl sites for hydroxylation is 1. The van der Waals surface area contributed by atoms with Gasteiger partial charge < -0.3 is 36.3 Å². The van der Waals surface area contributed by atoms with Gasteiger partial charge in [-0.25, -0.2) is 22.7 Å². The van der Waals surface area contributed by atoms with Crippen molar-refractivity contribution in [3.63, 3.8) is 0 Å². The third-order valence-corrected chi connectivity index (χ3v) is 9.99. The lowest BCUT2D eigenvalue weighted by Crippen LogP contribution is -2.63. The van der Waals surface area contributed by atoms with Crippen LogP contribution in [0, 0.1) is 6.92 Å². The summed E-state index contributed by atoms with van der Waals surface area (Å²) in [6.07, 6.45) is 1.24. The molecular formula is C38H51N5O9S. The standard InChI is InChI=1S/C38H51N5O9S/c1-28-18-20-32(21-19-28)53(49,50)41-24-12-10-22-38(39,36(47)51-2)35(46)43-33(25-29-13-5-3-6-14-29)34(45)42-31(26-44)17-9-11-23-40-37(48)52-27-30-15-7-4-8-16-30/h3-8,13-16,18-21,31,33,41,44H,9-12,17,22-27,39H2,1-2H3,(H,40,48)(H,42,45)(H,43,46)/t31-,33-,38+/m0/s1. The predicted molar refractivity (Wildman–Crippen MR) is 199 cm³/mol. The minimum Gasteiger partial charge on any atom is -0.467 e. The molecule has 0 unspecified atom stereocenters. The number of esters is 1. The number of nitrogens with two attached hydrogens (primary N) is 1. The van der Waals surface area contributed by atoms with E-state index in [9.17, 15) is 32.7 Å². The van der Waals surface area contributed by atoms with Crippen molar-refractivity contribution in [1.29, 1.82) is 0 Å². The van der Waals surface area contributed by atoms with E-state index in [1.165, 1.54) is 12.1 Å². The smallest absolute Gasteiger partial charge is 0.407 e. The fourth-order valence-electron chi connectivity index (χ4n) is 5.36. The number of methoxy groups -OCH3 is 1. The molecule has 0 bridgehead atoms. The first-order valence-corrected chi connectivity index (χ1v) is 19.0. The van der Waals surface area contributed by atoms with E-state index in [0.717, 1.165) is 23.8 Å². The van der Waals surface area contributed by atoms with Gasteiger partial charge in [-0.1, -0.05) is 78.4 Å². The number of nitrogens with one attached hydrogen (secondary N) is 4. The Kier molecular flexibility index (Phi) is 17.4. The molecule has 0 radical (unpaired) electrons. The summed E-state index contributed by atoms with van der Waals surface area (Å²) in [6.45, 7) is 1.99. The van der Waals surface area contributed by atoms with E-state index in [4.69, 9.17) is 15.2 Å². The highest BCUT2D eigenvalue weighted by Crippen LogP contribution is 2.17. The highest BCUT2D eigenvalue weighted by molar-refractivity contribution is 7.89. The Morgan fingerprint density at radius 2 is 1.45 bits per heavy atom. The molecule has 0 aliphatic carbocycles. The SMILES string of the molecule is COC(=O)[C@@](N)(CCCCNS(=O)(=O)c1ccc(C)cc1)C(=O)N[C@@H](Cc1ccccc1)C(=O)N[C@H](CO)CCCCNC(=O)OCc1ccccc1. The molecule has 288 valence electrons. The number of rotatable bonds is 22. The van der Waals surface area contributed by atoms with Gasteiger partial charge in [0.2, 0.25) is 15.9 Å². The first kappa shape index (κ1) is 42.6. The van der Waals surface area contributed by atoms with Gasteiger partial charge in [-0.15, -0.1) is 0 Å². The van der Waals surface area contributed by atoms with Crippen LogP contribution in [0.1, 0.15) is 55.2 Å². The second-order valence-corrected chi connectivity index (χ2v) is 14.5. The summed E-state index contributed by atoms with van der Waals surface area (Å²) in [4.78, 5) is 52.2. The van der Waals surface area contributed by atoms with E-state index in [1.807, 2.05) is 37.3 Å². The van der Waals surface area contributed by atoms with E-state index in [0.29, 0.717) is 25.8 Å². The predicted octanol–water partition coefficient (Wildman–Crippen LogP) is 2.62. The van der Waals surface area contributed by atoms with Crippen molar-refractivity contribution in [2.45, 2.75) is 81.0 Å². The van der Waals surface area contributed by atoms with Crippen molar-refractivity contribution >= 4 is 33.9 Å². The molecule has 3 amide bonds. The summed E-state index contributed by atoms with van der Waals surface area (Å²) in [7, 11) is -2.66. The molecule has 3 aromatic carbocycles. The van der Waals surface area contributed by atoms with Gasteiger partial charge in [-0.05, 0) is 68.7 Å². The molecule has 0 spiro atoms. The Morgan fingerprint density at radius 3 is 2.08 bits per heavy atom. The maximum atomic E-state index is 13.7. The largest absolute Gasteiger partial charge is 0.467 e. The van der Waals surface area contributed by atoms with Crippen LogP contribution < -0.4 is 26.4 Å². The van der Waals surface area contributed by atoms with Gasteiger partial charge >= 0.3 is 12.1 Å². The van der Waals surface area contributed by atoms with Crippen LogP contribution in [0.5, 0.6) is 0 Å². The number of carbonyl (C=O) groups is 4. The lowest BCUT2D eigenvalue weighted by Gasteiger charge is -2.29. The Morgan fingerprint density at radius 1 is 0.830 bits per heavy atom. The van der Waals surface area contributed by atoms with Crippen molar-refractivity contribution in [3.05, 3.63) is 102 Å². The van der Waals surface area contributed by atoms with Crippen LogP contribution in [0.15, 0.2) is 89.8 Å². The van der Waals surface area contributed by atoms with Crippen LogP contribution in [-0.2, 0) is 46.9 Å². The summed E-state index contributed by atoms with van der Waals surface area (Å²) in [5.41, 5.74) is 6.70. The van der Waals surface area contributed by atoms with Gasteiger partial charge in [-0.3, -0.25) is 9.59 Å². The van der Waals surface area contributed by atoms with Gasteiger partial charge in [-0.2, -0.15) is 0 Å².